The summed E-state index contributed by atoms with van der Waals surface area (Å²) in [5.74, 6) is 0. The first-order valence-electron chi connectivity index (χ1n) is 12.3. The van der Waals surface area contributed by atoms with Crippen molar-refractivity contribution in [3.05, 3.63) is 142 Å². The van der Waals surface area contributed by atoms with Crippen LogP contribution in [-0.2, 0) is 6.61 Å². The van der Waals surface area contributed by atoms with E-state index in [0.717, 1.165) is 50.1 Å². The molecule has 1 N–H and O–H groups in total. The molecule has 0 saturated heterocycles. The summed E-state index contributed by atoms with van der Waals surface area (Å²) in [5.41, 5.74) is 7.83. The fraction of sp³-hybridized carbons (Fsp3) is 0.0588. The van der Waals surface area contributed by atoms with Crippen molar-refractivity contribution < 1.29 is 5.11 Å². The summed E-state index contributed by atoms with van der Waals surface area (Å²) >= 11 is 0. The van der Waals surface area contributed by atoms with Crippen molar-refractivity contribution >= 4 is 45.7 Å². The van der Waals surface area contributed by atoms with Gasteiger partial charge in [-0.2, -0.15) is 5.26 Å². The monoisotopic (exact) mass is 491 g/mol. The number of para-hydroxylation sites is 1. The molecule has 182 valence electrons. The minimum absolute atomic E-state index is 0.0121. The van der Waals surface area contributed by atoms with Crippen LogP contribution in [0, 0.1) is 24.8 Å². The second kappa shape index (κ2) is 10.8. The zero-order valence-corrected chi connectivity index (χ0v) is 21.0. The van der Waals surface area contributed by atoms with Crippen LogP contribution in [0.4, 0.5) is 22.7 Å². The van der Waals surface area contributed by atoms with Crippen LogP contribution in [-0.4, -0.2) is 5.11 Å². The number of nitriles is 1. The van der Waals surface area contributed by atoms with Gasteiger partial charge >= 0.3 is 0 Å². The maximum atomic E-state index is 9.58. The molecule has 0 heterocycles. The molecule has 0 aliphatic carbocycles. The summed E-state index contributed by atoms with van der Waals surface area (Å²) in [4.78, 5) is 5.97. The SMILES string of the molecule is [C-]#[N+]c1c(C=Cc2ccc(N(c3ccccc3)c3ccc(CO)cc3)cc2)ccc2c(C#N)c(C)ccc12. The fourth-order valence-electron chi connectivity index (χ4n) is 4.62. The molecule has 0 fully saturated rings. The molecule has 0 radical (unpaired) electrons. The summed E-state index contributed by atoms with van der Waals surface area (Å²) in [6.07, 6.45) is 3.96. The van der Waals surface area contributed by atoms with Gasteiger partial charge in [-0.3, -0.25) is 0 Å². The molecule has 0 saturated carbocycles. The molecule has 4 nitrogen and oxygen atoms in total. The normalized spacial score (nSPS) is 10.8. The molecular formula is C34H25N3O. The first-order chi connectivity index (χ1) is 18.6. The molecule has 4 heteroatoms. The van der Waals surface area contributed by atoms with Gasteiger partial charge in [0, 0.05) is 17.1 Å². The van der Waals surface area contributed by atoms with Gasteiger partial charge in [0.25, 0.3) is 0 Å². The zero-order valence-electron chi connectivity index (χ0n) is 21.0. The van der Waals surface area contributed by atoms with Gasteiger partial charge in [0.15, 0.2) is 0 Å². The topological polar surface area (TPSA) is 51.6 Å². The van der Waals surface area contributed by atoms with E-state index in [1.165, 1.54) is 0 Å². The van der Waals surface area contributed by atoms with Crippen LogP contribution < -0.4 is 4.90 Å². The molecule has 0 bridgehead atoms. The van der Waals surface area contributed by atoms with Crippen molar-refractivity contribution in [1.82, 2.24) is 0 Å². The number of hydrogen-bond donors (Lipinski definition) is 1. The van der Waals surface area contributed by atoms with Gasteiger partial charge in [0.1, 0.15) is 0 Å². The maximum Gasteiger partial charge on any atom is 0.202 e. The largest absolute Gasteiger partial charge is 0.392 e. The molecule has 0 aliphatic heterocycles. The molecule has 0 amide bonds. The maximum absolute atomic E-state index is 9.58. The number of fused-ring (bicyclic) bond motifs is 1. The van der Waals surface area contributed by atoms with E-state index in [0.29, 0.717) is 11.3 Å². The number of benzene rings is 5. The predicted octanol–water partition coefficient (Wildman–Crippen LogP) is 8.70. The number of aliphatic hydroxyl groups excluding tert-OH is 1. The van der Waals surface area contributed by atoms with E-state index in [2.05, 4.69) is 52.2 Å². The van der Waals surface area contributed by atoms with E-state index >= 15 is 0 Å². The van der Waals surface area contributed by atoms with Crippen molar-refractivity contribution in [2.45, 2.75) is 13.5 Å². The van der Waals surface area contributed by atoms with E-state index in [1.54, 1.807) is 0 Å². The van der Waals surface area contributed by atoms with E-state index in [9.17, 15) is 10.4 Å². The van der Waals surface area contributed by atoms with Crippen LogP contribution in [0.15, 0.2) is 103 Å². The molecule has 5 aromatic rings. The lowest BCUT2D eigenvalue weighted by Crippen LogP contribution is -2.09. The predicted molar refractivity (Wildman–Crippen MR) is 156 cm³/mol. The fourth-order valence-corrected chi connectivity index (χ4v) is 4.62. The molecule has 0 atom stereocenters. The third kappa shape index (κ3) is 4.77. The quantitative estimate of drug-likeness (QED) is 0.191. The number of aryl methyl sites for hydroxylation is 1. The second-order valence-electron chi connectivity index (χ2n) is 9.00. The van der Waals surface area contributed by atoms with Gasteiger partial charge in [-0.15, -0.1) is 0 Å². The molecular weight excluding hydrogens is 466 g/mol. The second-order valence-corrected chi connectivity index (χ2v) is 9.00. The highest BCUT2D eigenvalue weighted by Gasteiger charge is 2.13. The van der Waals surface area contributed by atoms with Crippen molar-refractivity contribution in [2.75, 3.05) is 4.90 Å². The Morgan fingerprint density at radius 3 is 2.05 bits per heavy atom. The molecule has 0 aliphatic rings. The van der Waals surface area contributed by atoms with Crippen LogP contribution in [0.25, 0.3) is 27.8 Å². The molecule has 5 aromatic carbocycles. The lowest BCUT2D eigenvalue weighted by atomic mass is 9.96. The Labute approximate surface area is 222 Å². The van der Waals surface area contributed by atoms with Gasteiger partial charge in [0.2, 0.25) is 5.69 Å². The summed E-state index contributed by atoms with van der Waals surface area (Å²) < 4.78 is 0. The average Bonchev–Trinajstić information content (AvgIpc) is 2.97. The minimum atomic E-state index is 0.0121. The summed E-state index contributed by atoms with van der Waals surface area (Å²) in [7, 11) is 0. The van der Waals surface area contributed by atoms with E-state index in [4.69, 9.17) is 6.57 Å². The van der Waals surface area contributed by atoms with Crippen molar-refractivity contribution in [2.24, 2.45) is 0 Å². The number of hydrogen-bond acceptors (Lipinski definition) is 3. The Bertz CT molecular complexity index is 1710. The van der Waals surface area contributed by atoms with E-state index < -0.39 is 0 Å². The summed E-state index contributed by atoms with van der Waals surface area (Å²) in [5, 5.41) is 20.6. The highest BCUT2D eigenvalue weighted by molar-refractivity contribution is 6.02. The number of aliphatic hydroxyl groups is 1. The Kier molecular flexibility index (Phi) is 7.00. The lowest BCUT2D eigenvalue weighted by molar-refractivity contribution is 0.282. The van der Waals surface area contributed by atoms with Gasteiger partial charge in [0.05, 0.1) is 24.8 Å². The van der Waals surface area contributed by atoms with Gasteiger partial charge < -0.3 is 10.0 Å². The first-order valence-corrected chi connectivity index (χ1v) is 12.3. The number of anilines is 3. The van der Waals surface area contributed by atoms with Crippen LogP contribution in [0.5, 0.6) is 0 Å². The van der Waals surface area contributed by atoms with Gasteiger partial charge in [-0.1, -0.05) is 78.9 Å². The van der Waals surface area contributed by atoms with Crippen LogP contribution in [0.2, 0.25) is 0 Å². The lowest BCUT2D eigenvalue weighted by Gasteiger charge is -2.25. The third-order valence-corrected chi connectivity index (χ3v) is 6.63. The van der Waals surface area contributed by atoms with Crippen LogP contribution in [0.3, 0.4) is 0 Å². The van der Waals surface area contributed by atoms with Crippen molar-refractivity contribution in [1.29, 1.82) is 5.26 Å². The molecule has 0 aromatic heterocycles. The Morgan fingerprint density at radius 2 is 1.42 bits per heavy atom. The molecule has 38 heavy (non-hydrogen) atoms. The van der Waals surface area contributed by atoms with E-state index in [1.807, 2.05) is 85.8 Å². The smallest absolute Gasteiger partial charge is 0.202 e. The van der Waals surface area contributed by atoms with Gasteiger partial charge in [-0.25, -0.2) is 4.85 Å². The average molecular weight is 492 g/mol. The minimum Gasteiger partial charge on any atom is -0.392 e. The van der Waals surface area contributed by atoms with E-state index in [-0.39, 0.29) is 6.61 Å². The Hall–Kier alpha value is -5.16. The number of nitrogens with zero attached hydrogens (tertiary/aromatic N) is 3. The third-order valence-electron chi connectivity index (χ3n) is 6.63. The summed E-state index contributed by atoms with van der Waals surface area (Å²) in [6, 6.07) is 36.2. The Balaban J connectivity index is 1.48. The van der Waals surface area contributed by atoms with Crippen LogP contribution in [0.1, 0.15) is 27.8 Å². The zero-order chi connectivity index (χ0) is 26.5. The van der Waals surface area contributed by atoms with Crippen molar-refractivity contribution in [3.63, 3.8) is 0 Å². The van der Waals surface area contributed by atoms with Gasteiger partial charge in [-0.05, 0) is 76.3 Å². The number of rotatable bonds is 6. The molecule has 0 unspecified atom stereocenters. The Morgan fingerprint density at radius 1 is 0.789 bits per heavy atom. The molecule has 0 spiro atoms. The van der Waals surface area contributed by atoms with Crippen LogP contribution >= 0.6 is 0 Å². The standard InChI is InChI=1S/C34H25N3O/c1-24-8-20-32-31(33(24)22-35)21-15-27(34(32)36-2)14-9-25-10-16-29(17-11-25)37(28-6-4-3-5-7-28)30-18-12-26(23-38)13-19-30/h3-21,38H,23H2,1H3. The molecule has 5 rings (SSSR count). The highest BCUT2D eigenvalue weighted by Crippen LogP contribution is 2.36. The summed E-state index contributed by atoms with van der Waals surface area (Å²) in [6.45, 7) is 9.71. The van der Waals surface area contributed by atoms with Crippen molar-refractivity contribution in [3.8, 4) is 6.07 Å². The first kappa shape index (κ1) is 24.5. The highest BCUT2D eigenvalue weighted by atomic mass is 16.3.